The first-order valence-electron chi connectivity index (χ1n) is 8.86. The summed E-state index contributed by atoms with van der Waals surface area (Å²) in [5.41, 5.74) is 1.20. The molecule has 0 saturated carbocycles. The van der Waals surface area contributed by atoms with E-state index in [2.05, 4.69) is 23.0 Å². The van der Waals surface area contributed by atoms with Gasteiger partial charge in [0.1, 0.15) is 5.82 Å². The first kappa shape index (κ1) is 16.0. The van der Waals surface area contributed by atoms with Crippen molar-refractivity contribution < 1.29 is 9.47 Å². The van der Waals surface area contributed by atoms with Gasteiger partial charge in [-0.2, -0.15) is 0 Å². The van der Waals surface area contributed by atoms with Crippen LogP contribution in [-0.4, -0.2) is 42.1 Å². The summed E-state index contributed by atoms with van der Waals surface area (Å²) in [6.45, 7) is 6.81. The molecular formula is C17H29N3O2. The second-order valence-corrected chi connectivity index (χ2v) is 6.33. The van der Waals surface area contributed by atoms with Crippen LogP contribution in [0, 0.1) is 0 Å². The van der Waals surface area contributed by atoms with Gasteiger partial charge in [0, 0.05) is 25.3 Å². The summed E-state index contributed by atoms with van der Waals surface area (Å²) < 4.78 is 13.8. The second kappa shape index (κ2) is 8.09. The van der Waals surface area contributed by atoms with E-state index >= 15 is 0 Å². The molecule has 3 rings (SSSR count). The lowest BCUT2D eigenvalue weighted by atomic mass is 9.97. The highest BCUT2D eigenvalue weighted by molar-refractivity contribution is 5.09. The summed E-state index contributed by atoms with van der Waals surface area (Å²) >= 11 is 0. The Kier molecular flexibility index (Phi) is 5.87. The lowest BCUT2D eigenvalue weighted by Crippen LogP contribution is -2.28. The first-order chi connectivity index (χ1) is 10.9. The van der Waals surface area contributed by atoms with Crippen LogP contribution in [0.5, 0.6) is 0 Å². The molecule has 2 fully saturated rings. The minimum Gasteiger partial charge on any atom is -0.353 e. The van der Waals surface area contributed by atoms with Crippen molar-refractivity contribution in [2.45, 2.75) is 64.2 Å². The van der Waals surface area contributed by atoms with Gasteiger partial charge in [-0.05, 0) is 51.6 Å². The van der Waals surface area contributed by atoms with Gasteiger partial charge in [0.05, 0.1) is 12.3 Å². The van der Waals surface area contributed by atoms with Gasteiger partial charge in [-0.15, -0.1) is 0 Å². The van der Waals surface area contributed by atoms with Crippen LogP contribution in [0.2, 0.25) is 0 Å². The van der Waals surface area contributed by atoms with E-state index in [1.165, 1.54) is 37.2 Å². The number of nitrogens with one attached hydrogen (secondary N) is 1. The van der Waals surface area contributed by atoms with Gasteiger partial charge in [0.15, 0.2) is 6.29 Å². The van der Waals surface area contributed by atoms with Crippen molar-refractivity contribution >= 4 is 0 Å². The van der Waals surface area contributed by atoms with Gasteiger partial charge in [-0.1, -0.05) is 6.92 Å². The highest BCUT2D eigenvalue weighted by Crippen LogP contribution is 2.25. The maximum atomic E-state index is 5.89. The van der Waals surface area contributed by atoms with Gasteiger partial charge in [-0.3, -0.25) is 0 Å². The molecule has 2 aliphatic heterocycles. The molecule has 5 nitrogen and oxygen atoms in total. The number of piperidine rings is 1. The molecular weight excluding hydrogens is 278 g/mol. The number of rotatable bonds is 6. The third kappa shape index (κ3) is 4.09. The second-order valence-electron chi connectivity index (χ2n) is 6.33. The zero-order valence-electron chi connectivity index (χ0n) is 13.7. The molecule has 1 atom stereocenters. The summed E-state index contributed by atoms with van der Waals surface area (Å²) in [5, 5.41) is 3.43. The summed E-state index contributed by atoms with van der Waals surface area (Å²) in [4.78, 5) is 4.87. The van der Waals surface area contributed by atoms with Gasteiger partial charge in [0.25, 0.3) is 0 Å². The van der Waals surface area contributed by atoms with Crippen molar-refractivity contribution in [2.24, 2.45) is 0 Å². The van der Waals surface area contributed by atoms with E-state index in [0.29, 0.717) is 12.5 Å². The molecule has 124 valence electrons. The van der Waals surface area contributed by atoms with E-state index < -0.39 is 0 Å². The van der Waals surface area contributed by atoms with E-state index in [4.69, 9.17) is 14.5 Å². The van der Waals surface area contributed by atoms with Crippen molar-refractivity contribution in [1.29, 1.82) is 0 Å². The molecule has 0 radical (unpaired) electrons. The third-order valence-electron chi connectivity index (χ3n) is 4.70. The van der Waals surface area contributed by atoms with Crippen LogP contribution >= 0.6 is 0 Å². The van der Waals surface area contributed by atoms with Crippen molar-refractivity contribution in [3.05, 3.63) is 17.7 Å². The monoisotopic (exact) mass is 307 g/mol. The number of aryl methyl sites for hydroxylation is 1. The van der Waals surface area contributed by atoms with Crippen LogP contribution in [0.3, 0.4) is 0 Å². The van der Waals surface area contributed by atoms with Crippen LogP contribution in [0.1, 0.15) is 56.5 Å². The molecule has 3 heterocycles. The van der Waals surface area contributed by atoms with Gasteiger partial charge < -0.3 is 19.4 Å². The van der Waals surface area contributed by atoms with E-state index in [1.807, 2.05) is 0 Å². The first-order valence-corrected chi connectivity index (χ1v) is 8.86. The molecule has 0 aromatic carbocycles. The maximum Gasteiger partial charge on any atom is 0.157 e. The fourth-order valence-electron chi connectivity index (χ4n) is 3.37. The highest BCUT2D eigenvalue weighted by Gasteiger charge is 2.21. The Morgan fingerprint density at radius 3 is 2.91 bits per heavy atom. The zero-order valence-corrected chi connectivity index (χ0v) is 13.7. The molecule has 2 saturated heterocycles. The molecule has 0 amide bonds. The smallest absolute Gasteiger partial charge is 0.157 e. The summed E-state index contributed by atoms with van der Waals surface area (Å²) in [5.74, 6) is 1.85. The Morgan fingerprint density at radius 2 is 2.18 bits per heavy atom. The Bertz CT molecular complexity index is 449. The SMILES string of the molecule is CCc1cn(CCOC2CCCCO2)c(C2CCNCC2)n1. The predicted molar refractivity (Wildman–Crippen MR) is 86.0 cm³/mol. The van der Waals surface area contributed by atoms with Crippen LogP contribution in [0.4, 0.5) is 0 Å². The molecule has 1 aromatic rings. The molecule has 0 bridgehead atoms. The topological polar surface area (TPSA) is 48.3 Å². The predicted octanol–water partition coefficient (Wildman–Crippen LogP) is 2.46. The Morgan fingerprint density at radius 1 is 1.32 bits per heavy atom. The van der Waals surface area contributed by atoms with E-state index in [-0.39, 0.29) is 6.29 Å². The third-order valence-corrected chi connectivity index (χ3v) is 4.70. The maximum absolute atomic E-state index is 5.89. The lowest BCUT2D eigenvalue weighted by Gasteiger charge is -2.24. The van der Waals surface area contributed by atoms with Crippen LogP contribution in [-0.2, 0) is 22.4 Å². The number of imidazole rings is 1. The minimum atomic E-state index is 0.00486. The zero-order chi connectivity index (χ0) is 15.2. The van der Waals surface area contributed by atoms with Crippen LogP contribution in [0.25, 0.3) is 0 Å². The Labute approximate surface area is 133 Å². The fraction of sp³-hybridized carbons (Fsp3) is 0.824. The van der Waals surface area contributed by atoms with Gasteiger partial charge in [-0.25, -0.2) is 4.98 Å². The number of ether oxygens (including phenoxy) is 2. The number of nitrogens with zero attached hydrogens (tertiary/aromatic N) is 2. The minimum absolute atomic E-state index is 0.00486. The standard InChI is InChI=1S/C17H29N3O2/c1-2-15-13-20(10-12-22-16-5-3-4-11-21-16)17(19-15)14-6-8-18-9-7-14/h13-14,16,18H,2-12H2,1H3. The van der Waals surface area contributed by atoms with Crippen molar-refractivity contribution in [3.8, 4) is 0 Å². The van der Waals surface area contributed by atoms with Crippen molar-refractivity contribution in [1.82, 2.24) is 14.9 Å². The highest BCUT2D eigenvalue weighted by atomic mass is 16.7. The van der Waals surface area contributed by atoms with Crippen molar-refractivity contribution in [2.75, 3.05) is 26.3 Å². The molecule has 1 unspecified atom stereocenters. The van der Waals surface area contributed by atoms with E-state index in [0.717, 1.165) is 39.1 Å². The van der Waals surface area contributed by atoms with E-state index in [1.54, 1.807) is 0 Å². The molecule has 1 aromatic heterocycles. The Hall–Kier alpha value is -0.910. The number of aromatic nitrogens is 2. The molecule has 2 aliphatic rings. The summed E-state index contributed by atoms with van der Waals surface area (Å²) in [6.07, 6.45) is 9.01. The average molecular weight is 307 g/mol. The fourth-order valence-corrected chi connectivity index (χ4v) is 3.37. The molecule has 5 heteroatoms. The average Bonchev–Trinajstić information content (AvgIpc) is 3.00. The van der Waals surface area contributed by atoms with Gasteiger partial charge >= 0.3 is 0 Å². The summed E-state index contributed by atoms with van der Waals surface area (Å²) in [6, 6.07) is 0. The lowest BCUT2D eigenvalue weighted by molar-refractivity contribution is -0.163. The molecule has 1 N–H and O–H groups in total. The summed E-state index contributed by atoms with van der Waals surface area (Å²) in [7, 11) is 0. The van der Waals surface area contributed by atoms with Gasteiger partial charge in [0.2, 0.25) is 0 Å². The van der Waals surface area contributed by atoms with Crippen molar-refractivity contribution in [3.63, 3.8) is 0 Å². The van der Waals surface area contributed by atoms with E-state index in [9.17, 15) is 0 Å². The normalized spacial score (nSPS) is 23.8. The molecule has 22 heavy (non-hydrogen) atoms. The molecule has 0 aliphatic carbocycles. The van der Waals surface area contributed by atoms with Crippen LogP contribution in [0.15, 0.2) is 6.20 Å². The van der Waals surface area contributed by atoms with Crippen LogP contribution < -0.4 is 5.32 Å². The molecule has 0 spiro atoms. The Balaban J connectivity index is 1.57. The number of hydrogen-bond acceptors (Lipinski definition) is 4. The largest absolute Gasteiger partial charge is 0.353 e. The quantitative estimate of drug-likeness (QED) is 0.877. The number of hydrogen-bond donors (Lipinski definition) is 1.